The molecular formula is C16H23NO. The molecule has 0 unspecified atom stereocenters. The van der Waals surface area contributed by atoms with Crippen LogP contribution in [-0.2, 0) is 5.41 Å². The Morgan fingerprint density at radius 1 is 1.00 bits per heavy atom. The number of benzene rings is 1. The molecule has 2 N–H and O–H groups in total. The first-order valence-corrected chi connectivity index (χ1v) is 7.25. The van der Waals surface area contributed by atoms with Gasteiger partial charge in [0.25, 0.3) is 0 Å². The minimum Gasteiger partial charge on any atom is -0.395 e. The third-order valence-electron chi connectivity index (χ3n) is 4.68. The fourth-order valence-electron chi connectivity index (χ4n) is 3.25. The summed E-state index contributed by atoms with van der Waals surface area (Å²) in [5, 5.41) is 13.6. The summed E-state index contributed by atoms with van der Waals surface area (Å²) >= 11 is 0. The van der Waals surface area contributed by atoms with Gasteiger partial charge in [-0.15, -0.1) is 0 Å². The summed E-state index contributed by atoms with van der Waals surface area (Å²) in [7, 11) is 0. The minimum absolute atomic E-state index is 0.0169. The number of hydrogen-bond acceptors (Lipinski definition) is 2. The van der Waals surface area contributed by atoms with Gasteiger partial charge in [0, 0.05) is 17.5 Å². The smallest absolute Gasteiger partial charge is 0.0527 e. The van der Waals surface area contributed by atoms with Crippen LogP contribution in [0.3, 0.4) is 0 Å². The van der Waals surface area contributed by atoms with E-state index in [1.807, 2.05) is 0 Å². The van der Waals surface area contributed by atoms with Gasteiger partial charge in [-0.3, -0.25) is 0 Å². The van der Waals surface area contributed by atoms with Gasteiger partial charge in [0.15, 0.2) is 0 Å². The normalized spacial score (nSPS) is 32.4. The maximum Gasteiger partial charge on any atom is 0.0527 e. The first-order valence-electron chi connectivity index (χ1n) is 7.25. The highest BCUT2D eigenvalue weighted by Gasteiger charge is 2.37. The Balaban J connectivity index is 1.67. The zero-order valence-electron chi connectivity index (χ0n) is 10.9. The molecule has 2 aliphatic rings. The third-order valence-corrected chi connectivity index (χ3v) is 4.68. The molecular weight excluding hydrogens is 222 g/mol. The van der Waals surface area contributed by atoms with Gasteiger partial charge in [-0.2, -0.15) is 0 Å². The molecule has 18 heavy (non-hydrogen) atoms. The maximum atomic E-state index is 9.86. The highest BCUT2D eigenvalue weighted by Crippen LogP contribution is 2.39. The molecule has 0 aromatic heterocycles. The van der Waals surface area contributed by atoms with Crippen LogP contribution in [0.25, 0.3) is 0 Å². The lowest BCUT2D eigenvalue weighted by Crippen LogP contribution is -2.42. The predicted octanol–water partition coefficient (Wildman–Crippen LogP) is 2.61. The number of aliphatic hydroxyl groups excluding tert-OH is 1. The van der Waals surface area contributed by atoms with E-state index < -0.39 is 0 Å². The van der Waals surface area contributed by atoms with Crippen LogP contribution >= 0.6 is 0 Å². The topological polar surface area (TPSA) is 32.3 Å². The number of rotatable bonds is 4. The summed E-state index contributed by atoms with van der Waals surface area (Å²) in [4.78, 5) is 0. The lowest BCUT2D eigenvalue weighted by atomic mass is 9.69. The Labute approximate surface area is 109 Å². The highest BCUT2D eigenvalue weighted by molar-refractivity contribution is 5.26. The zero-order valence-corrected chi connectivity index (χ0v) is 10.9. The summed E-state index contributed by atoms with van der Waals surface area (Å²) in [6, 6.07) is 12.0. The lowest BCUT2D eigenvalue weighted by molar-refractivity contribution is 0.138. The summed E-state index contributed by atoms with van der Waals surface area (Å²) in [5.41, 5.74) is 1.33. The van der Waals surface area contributed by atoms with E-state index in [2.05, 4.69) is 35.6 Å². The van der Waals surface area contributed by atoms with Gasteiger partial charge in [0.2, 0.25) is 0 Å². The molecule has 2 fully saturated rings. The molecule has 0 amide bonds. The Bertz CT molecular complexity index is 377. The molecule has 1 aromatic rings. The summed E-state index contributed by atoms with van der Waals surface area (Å²) < 4.78 is 0. The Morgan fingerprint density at radius 2 is 1.61 bits per heavy atom. The van der Waals surface area contributed by atoms with Crippen molar-refractivity contribution in [2.24, 2.45) is 0 Å². The van der Waals surface area contributed by atoms with E-state index >= 15 is 0 Å². The highest BCUT2D eigenvalue weighted by atomic mass is 16.3. The molecule has 2 nitrogen and oxygen atoms in total. The Kier molecular flexibility index (Phi) is 3.40. The molecule has 0 heterocycles. The number of nitrogens with one attached hydrogen (secondary N) is 1. The fourth-order valence-corrected chi connectivity index (χ4v) is 3.25. The maximum absolute atomic E-state index is 9.86. The van der Waals surface area contributed by atoms with Gasteiger partial charge in [-0.05, 0) is 44.1 Å². The van der Waals surface area contributed by atoms with Crippen molar-refractivity contribution in [3.8, 4) is 0 Å². The van der Waals surface area contributed by atoms with Crippen molar-refractivity contribution in [1.82, 2.24) is 5.32 Å². The second kappa shape index (κ2) is 5.02. The molecule has 98 valence electrons. The zero-order chi connectivity index (χ0) is 12.4. The molecule has 2 aliphatic carbocycles. The van der Waals surface area contributed by atoms with E-state index in [4.69, 9.17) is 0 Å². The van der Waals surface area contributed by atoms with E-state index in [0.717, 1.165) is 18.9 Å². The molecule has 1 aromatic carbocycles. The van der Waals surface area contributed by atoms with Crippen LogP contribution in [-0.4, -0.2) is 23.8 Å². The van der Waals surface area contributed by atoms with Crippen molar-refractivity contribution < 1.29 is 5.11 Å². The van der Waals surface area contributed by atoms with E-state index in [9.17, 15) is 5.11 Å². The molecule has 2 heteroatoms. The van der Waals surface area contributed by atoms with Crippen molar-refractivity contribution >= 4 is 0 Å². The molecule has 0 aliphatic heterocycles. The van der Waals surface area contributed by atoms with Gasteiger partial charge in [-0.1, -0.05) is 30.3 Å². The van der Waals surface area contributed by atoms with Crippen LogP contribution in [0.4, 0.5) is 0 Å². The van der Waals surface area contributed by atoms with Crippen LogP contribution in [0, 0.1) is 0 Å². The predicted molar refractivity (Wildman–Crippen MR) is 73.6 cm³/mol. The monoisotopic (exact) mass is 245 g/mol. The molecule has 0 bridgehead atoms. The van der Waals surface area contributed by atoms with Crippen molar-refractivity contribution in [2.75, 3.05) is 6.61 Å². The molecule has 2 saturated carbocycles. The van der Waals surface area contributed by atoms with Crippen LogP contribution in [0.5, 0.6) is 0 Å². The lowest BCUT2D eigenvalue weighted by Gasteiger charge is -2.39. The van der Waals surface area contributed by atoms with E-state index in [1.54, 1.807) is 0 Å². The van der Waals surface area contributed by atoms with Crippen LogP contribution < -0.4 is 5.32 Å². The fraction of sp³-hybridized carbons (Fsp3) is 0.625. The van der Waals surface area contributed by atoms with E-state index in [-0.39, 0.29) is 12.0 Å². The van der Waals surface area contributed by atoms with Crippen molar-refractivity contribution in [3.05, 3.63) is 35.9 Å². The van der Waals surface area contributed by atoms with E-state index in [0.29, 0.717) is 6.04 Å². The van der Waals surface area contributed by atoms with Gasteiger partial charge in [0.1, 0.15) is 0 Å². The van der Waals surface area contributed by atoms with E-state index in [1.165, 1.54) is 31.2 Å². The molecule has 0 radical (unpaired) electrons. The second-order valence-corrected chi connectivity index (χ2v) is 6.02. The molecule has 0 spiro atoms. The number of hydrogen-bond donors (Lipinski definition) is 2. The second-order valence-electron chi connectivity index (χ2n) is 6.02. The largest absolute Gasteiger partial charge is 0.395 e. The van der Waals surface area contributed by atoms with Crippen molar-refractivity contribution in [1.29, 1.82) is 0 Å². The van der Waals surface area contributed by atoms with Crippen LogP contribution in [0.15, 0.2) is 30.3 Å². The Hall–Kier alpha value is -0.860. The average molecular weight is 245 g/mol. The van der Waals surface area contributed by atoms with Crippen molar-refractivity contribution in [3.63, 3.8) is 0 Å². The average Bonchev–Trinajstić information content (AvgIpc) is 3.25. The molecule has 0 saturated heterocycles. The van der Waals surface area contributed by atoms with Gasteiger partial charge in [0.05, 0.1) is 6.61 Å². The molecule has 0 atom stereocenters. The molecule has 3 rings (SSSR count). The van der Waals surface area contributed by atoms with Crippen LogP contribution in [0.2, 0.25) is 0 Å². The van der Waals surface area contributed by atoms with Gasteiger partial charge < -0.3 is 10.4 Å². The summed E-state index contributed by atoms with van der Waals surface area (Å²) in [6.45, 7) is 0.285. The van der Waals surface area contributed by atoms with Crippen LogP contribution in [0.1, 0.15) is 44.1 Å². The SMILES string of the molecule is OCC1(c2ccccc2)CCC(NC2CC2)CC1. The standard InChI is InChI=1S/C16H23NO/c18-12-16(13-4-2-1-3-5-13)10-8-15(9-11-16)17-14-6-7-14/h1-5,14-15,17-18H,6-12H2. The summed E-state index contributed by atoms with van der Waals surface area (Å²) in [6.07, 6.45) is 7.34. The summed E-state index contributed by atoms with van der Waals surface area (Å²) in [5.74, 6) is 0. The third kappa shape index (κ3) is 2.45. The van der Waals surface area contributed by atoms with Crippen molar-refractivity contribution in [2.45, 2.75) is 56.0 Å². The van der Waals surface area contributed by atoms with Gasteiger partial charge >= 0.3 is 0 Å². The minimum atomic E-state index is 0.0169. The Morgan fingerprint density at radius 3 is 2.17 bits per heavy atom. The van der Waals surface area contributed by atoms with Gasteiger partial charge in [-0.25, -0.2) is 0 Å². The number of aliphatic hydroxyl groups is 1. The quantitative estimate of drug-likeness (QED) is 0.854. The first-order chi connectivity index (χ1) is 8.82. The first kappa shape index (κ1) is 12.2.